The number of halogens is 2. The van der Waals surface area contributed by atoms with Gasteiger partial charge in [-0.1, -0.05) is 34.1 Å². The number of fused-ring (bicyclic) bond motifs is 1. The second-order valence-electron chi connectivity index (χ2n) is 6.08. The first-order chi connectivity index (χ1) is 12.1. The molecule has 7 nitrogen and oxygen atoms in total. The predicted molar refractivity (Wildman–Crippen MR) is 98.0 cm³/mol. The number of benzene rings is 1. The van der Waals surface area contributed by atoms with E-state index < -0.39 is 29.8 Å². The summed E-state index contributed by atoms with van der Waals surface area (Å²) in [6.07, 6.45) is 1.86. The van der Waals surface area contributed by atoms with Gasteiger partial charge in [-0.15, -0.1) is 17.0 Å². The van der Waals surface area contributed by atoms with Crippen LogP contribution in [0.3, 0.4) is 0 Å². The fraction of sp³-hybridized carbons (Fsp3) is 0.412. The van der Waals surface area contributed by atoms with E-state index in [2.05, 4.69) is 15.9 Å². The highest BCUT2D eigenvalue weighted by molar-refractivity contribution is 9.10. The third kappa shape index (κ3) is 2.77. The summed E-state index contributed by atoms with van der Waals surface area (Å²) in [6.45, 7) is 0.603. The number of carbonyl (C=O) groups excluding carboxylic acids is 2. The highest BCUT2D eigenvalue weighted by Gasteiger charge is 2.62. The van der Waals surface area contributed by atoms with E-state index in [1.165, 1.54) is 13.2 Å². The molecule has 1 aromatic carbocycles. The lowest BCUT2D eigenvalue weighted by atomic mass is 9.92. The maximum absolute atomic E-state index is 12.2. The highest BCUT2D eigenvalue weighted by atomic mass is 79.9. The van der Waals surface area contributed by atoms with Crippen molar-refractivity contribution in [2.75, 3.05) is 13.7 Å². The van der Waals surface area contributed by atoms with Crippen LogP contribution >= 0.6 is 32.9 Å². The third-order valence-corrected chi connectivity index (χ3v) is 5.50. The van der Waals surface area contributed by atoms with Crippen LogP contribution in [0.2, 0.25) is 0 Å². The minimum Gasteiger partial charge on any atom is -0.497 e. The minimum absolute atomic E-state index is 0. The first kappa shape index (κ1) is 19.3. The molecular weight excluding hydrogens is 474 g/mol. The Bertz CT molecular complexity index is 769. The van der Waals surface area contributed by atoms with Crippen molar-refractivity contribution in [2.24, 2.45) is 0 Å². The summed E-state index contributed by atoms with van der Waals surface area (Å²) >= 11 is 3.54. The highest BCUT2D eigenvalue weighted by Crippen LogP contribution is 2.48. The number of ether oxygens (including phenoxy) is 2. The Balaban J connectivity index is 0.00000196. The molecule has 0 spiro atoms. The number of hydrogen-bond donors (Lipinski definition) is 0. The summed E-state index contributed by atoms with van der Waals surface area (Å²) in [4.78, 5) is 36.7. The average molecular weight is 491 g/mol. The molecule has 4 rings (SSSR count). The van der Waals surface area contributed by atoms with Crippen LogP contribution in [0, 0.1) is 0 Å². The van der Waals surface area contributed by atoms with Crippen LogP contribution in [0.5, 0.6) is 0 Å². The smallest absolute Gasteiger partial charge is 0.359 e. The monoisotopic (exact) mass is 489 g/mol. The van der Waals surface area contributed by atoms with E-state index in [0.717, 1.165) is 10.9 Å². The molecule has 3 aliphatic rings. The van der Waals surface area contributed by atoms with Gasteiger partial charge in [-0.05, 0) is 18.9 Å². The number of hydrogen-bond acceptors (Lipinski definition) is 7. The standard InChI is InChI=1S/C17H16BrNO6.BrH/c1-22-13-9-14(20)23-15(13)17(10-5-2-3-6-11(10)18)19-8-4-7-12(19)16(21)24-25-17;/h2-3,5-6,9,12,15H,4,7-8H2,1H3;1H/t12-,15?,17?;/m0./s1. The number of methoxy groups -OCH3 is 1. The van der Waals surface area contributed by atoms with Gasteiger partial charge in [0.05, 0.1) is 13.2 Å². The van der Waals surface area contributed by atoms with Gasteiger partial charge in [0.1, 0.15) is 11.8 Å². The number of carbonyl (C=O) groups is 2. The average Bonchev–Trinajstić information content (AvgIpc) is 3.24. The Morgan fingerprint density at radius 1 is 1.31 bits per heavy atom. The molecule has 0 radical (unpaired) electrons. The first-order valence-electron chi connectivity index (χ1n) is 7.95. The second kappa shape index (κ2) is 7.30. The molecule has 3 atom stereocenters. The molecule has 0 saturated carbocycles. The van der Waals surface area contributed by atoms with E-state index in [0.29, 0.717) is 24.3 Å². The van der Waals surface area contributed by atoms with Gasteiger partial charge in [-0.3, -0.25) is 9.79 Å². The molecule has 0 aromatic heterocycles. The largest absolute Gasteiger partial charge is 0.497 e. The Hall–Kier alpha value is -1.42. The molecule has 140 valence electrons. The predicted octanol–water partition coefficient (Wildman–Crippen LogP) is 2.59. The third-order valence-electron chi connectivity index (χ3n) is 4.81. The molecule has 3 aliphatic heterocycles. The number of nitrogens with zero attached hydrogens (tertiary/aromatic N) is 1. The van der Waals surface area contributed by atoms with Gasteiger partial charge in [0.2, 0.25) is 11.8 Å². The maximum Gasteiger partial charge on any atom is 0.359 e. The molecule has 1 aromatic rings. The lowest BCUT2D eigenvalue weighted by Crippen LogP contribution is -2.63. The van der Waals surface area contributed by atoms with Crippen LogP contribution in [0.4, 0.5) is 0 Å². The molecular formula is C17H17Br2NO6. The van der Waals surface area contributed by atoms with Crippen LogP contribution in [0.15, 0.2) is 40.6 Å². The van der Waals surface area contributed by atoms with Crippen molar-refractivity contribution in [3.05, 3.63) is 46.1 Å². The Kier molecular flexibility index (Phi) is 5.43. The summed E-state index contributed by atoms with van der Waals surface area (Å²) in [7, 11) is 1.46. The lowest BCUT2D eigenvalue weighted by Gasteiger charge is -2.47. The van der Waals surface area contributed by atoms with Gasteiger partial charge in [0.15, 0.2) is 0 Å². The Morgan fingerprint density at radius 2 is 2.08 bits per heavy atom. The molecule has 2 saturated heterocycles. The number of rotatable bonds is 3. The van der Waals surface area contributed by atoms with Gasteiger partial charge in [0, 0.05) is 16.6 Å². The molecule has 0 bridgehead atoms. The van der Waals surface area contributed by atoms with Gasteiger partial charge in [-0.2, -0.15) is 4.89 Å². The van der Waals surface area contributed by atoms with Crippen molar-refractivity contribution in [3.63, 3.8) is 0 Å². The zero-order chi connectivity index (χ0) is 17.6. The van der Waals surface area contributed by atoms with Crippen LogP contribution in [-0.4, -0.2) is 42.6 Å². The van der Waals surface area contributed by atoms with E-state index in [1.807, 2.05) is 29.2 Å². The summed E-state index contributed by atoms with van der Waals surface area (Å²) in [6, 6.07) is 6.95. The van der Waals surface area contributed by atoms with Crippen LogP contribution in [0.25, 0.3) is 0 Å². The van der Waals surface area contributed by atoms with Crippen LogP contribution in [-0.2, 0) is 34.6 Å². The molecule has 0 aliphatic carbocycles. The molecule has 2 fully saturated rings. The minimum atomic E-state index is -1.32. The van der Waals surface area contributed by atoms with Crippen LogP contribution in [0.1, 0.15) is 18.4 Å². The topological polar surface area (TPSA) is 74.3 Å². The van der Waals surface area contributed by atoms with E-state index in [-0.39, 0.29) is 17.0 Å². The number of esters is 1. The normalized spacial score (nSPS) is 30.8. The van der Waals surface area contributed by atoms with Gasteiger partial charge < -0.3 is 9.47 Å². The number of cyclic esters (lactones) is 1. The Morgan fingerprint density at radius 3 is 2.81 bits per heavy atom. The maximum atomic E-state index is 12.2. The van der Waals surface area contributed by atoms with Crippen molar-refractivity contribution >= 4 is 44.9 Å². The molecule has 9 heteroatoms. The van der Waals surface area contributed by atoms with Crippen molar-refractivity contribution in [3.8, 4) is 0 Å². The van der Waals surface area contributed by atoms with E-state index >= 15 is 0 Å². The summed E-state index contributed by atoms with van der Waals surface area (Å²) < 4.78 is 11.6. The summed E-state index contributed by atoms with van der Waals surface area (Å²) in [5.41, 5.74) is -0.625. The summed E-state index contributed by atoms with van der Waals surface area (Å²) in [5, 5.41) is 0. The molecule has 0 N–H and O–H groups in total. The fourth-order valence-electron chi connectivity index (χ4n) is 3.74. The second-order valence-corrected chi connectivity index (χ2v) is 6.94. The molecule has 0 amide bonds. The van der Waals surface area contributed by atoms with Gasteiger partial charge in [0.25, 0.3) is 0 Å². The lowest BCUT2D eigenvalue weighted by molar-refractivity contribution is -0.418. The van der Waals surface area contributed by atoms with E-state index in [4.69, 9.17) is 19.2 Å². The van der Waals surface area contributed by atoms with Crippen LogP contribution < -0.4 is 0 Å². The van der Waals surface area contributed by atoms with Gasteiger partial charge >= 0.3 is 11.9 Å². The fourth-order valence-corrected chi connectivity index (χ4v) is 4.31. The van der Waals surface area contributed by atoms with Crippen molar-refractivity contribution in [1.29, 1.82) is 0 Å². The van der Waals surface area contributed by atoms with Crippen molar-refractivity contribution in [1.82, 2.24) is 4.90 Å². The van der Waals surface area contributed by atoms with E-state index in [1.54, 1.807) is 0 Å². The first-order valence-corrected chi connectivity index (χ1v) is 8.74. The van der Waals surface area contributed by atoms with E-state index in [9.17, 15) is 9.59 Å². The van der Waals surface area contributed by atoms with Crippen molar-refractivity contribution in [2.45, 2.75) is 30.7 Å². The zero-order valence-electron chi connectivity index (χ0n) is 13.8. The Labute approximate surface area is 169 Å². The summed E-state index contributed by atoms with van der Waals surface area (Å²) in [5.74, 6) is -0.638. The molecule has 3 heterocycles. The molecule has 2 unspecified atom stereocenters. The SMILES string of the molecule is Br.COC1=CC(=O)OC1C1(c2ccccc2Br)OOC(=O)[C@@H]2CCCN21. The zero-order valence-corrected chi connectivity index (χ0v) is 17.1. The van der Waals surface area contributed by atoms with Crippen molar-refractivity contribution < 1.29 is 28.8 Å². The quantitative estimate of drug-likeness (QED) is 0.476. The van der Waals surface area contributed by atoms with Gasteiger partial charge in [-0.25, -0.2) is 9.59 Å². The molecule has 26 heavy (non-hydrogen) atoms.